The van der Waals surface area contributed by atoms with E-state index in [1.165, 1.54) is 5.56 Å². The van der Waals surface area contributed by atoms with Crippen LogP contribution >= 0.6 is 0 Å². The van der Waals surface area contributed by atoms with Gasteiger partial charge in [0.05, 0.1) is 5.69 Å². The molecule has 1 aromatic rings. The first-order valence-corrected chi connectivity index (χ1v) is 9.10. The normalized spacial score (nSPS) is 12.6. The van der Waals surface area contributed by atoms with E-state index in [1.807, 2.05) is 12.1 Å². The average Bonchev–Trinajstić information content (AvgIpc) is 2.04. The fourth-order valence-electron chi connectivity index (χ4n) is 1.57. The average molecular weight is 237 g/mol. The van der Waals surface area contributed by atoms with Crippen molar-refractivity contribution in [3.63, 3.8) is 0 Å². The molecule has 0 heterocycles. The molecule has 0 aliphatic heterocycles. The third kappa shape index (κ3) is 3.27. The molecule has 1 rings (SSSR count). The highest BCUT2D eigenvalue weighted by Crippen LogP contribution is 2.36. The van der Waals surface area contributed by atoms with E-state index in [4.69, 9.17) is 10.2 Å². The van der Waals surface area contributed by atoms with Crippen molar-refractivity contribution in [3.05, 3.63) is 23.8 Å². The molecule has 0 aromatic heterocycles. The van der Waals surface area contributed by atoms with E-state index < -0.39 is 8.32 Å². The molecule has 90 valence electrons. The molecule has 0 aliphatic rings. The maximum atomic E-state index is 6.10. The van der Waals surface area contributed by atoms with Gasteiger partial charge in [0.25, 0.3) is 0 Å². The second-order valence-corrected chi connectivity index (χ2v) is 10.6. The third-order valence-electron chi connectivity index (χ3n) is 2.26. The summed E-state index contributed by atoms with van der Waals surface area (Å²) in [7, 11) is -1.62. The van der Waals surface area contributed by atoms with Gasteiger partial charge in [-0.3, -0.25) is 0 Å². The van der Waals surface area contributed by atoms with E-state index >= 15 is 0 Å². The number of nitrogen functional groups attached to an aromatic ring is 1. The molecular weight excluding hydrogens is 214 g/mol. The van der Waals surface area contributed by atoms with Crippen molar-refractivity contribution in [3.8, 4) is 5.75 Å². The van der Waals surface area contributed by atoms with Crippen LogP contribution in [0.25, 0.3) is 0 Å². The molecule has 2 N–H and O–H groups in total. The van der Waals surface area contributed by atoms with Crippen molar-refractivity contribution in [2.24, 2.45) is 0 Å². The molecule has 0 saturated heterocycles. The Morgan fingerprint density at radius 1 is 1.12 bits per heavy atom. The molecule has 2 nitrogen and oxygen atoms in total. The molecule has 0 atom stereocenters. The summed E-state index contributed by atoms with van der Waals surface area (Å²) in [6.45, 7) is 13.1. The summed E-state index contributed by atoms with van der Waals surface area (Å²) in [6, 6.07) is 6.00. The van der Waals surface area contributed by atoms with Crippen molar-refractivity contribution >= 4 is 14.0 Å². The highest BCUT2D eigenvalue weighted by atomic mass is 28.4. The van der Waals surface area contributed by atoms with Gasteiger partial charge in [0.1, 0.15) is 5.75 Å². The molecule has 3 heteroatoms. The SMILES string of the molecule is CC(C)(C)c1cccc(N)c1O[Si](C)(C)C. The summed E-state index contributed by atoms with van der Waals surface area (Å²) < 4.78 is 6.10. The van der Waals surface area contributed by atoms with E-state index in [9.17, 15) is 0 Å². The lowest BCUT2D eigenvalue weighted by Gasteiger charge is -2.28. The fourth-order valence-corrected chi connectivity index (χ4v) is 2.41. The van der Waals surface area contributed by atoms with Gasteiger partial charge < -0.3 is 10.2 Å². The molecule has 0 amide bonds. The first-order chi connectivity index (χ1) is 7.11. The van der Waals surface area contributed by atoms with Crippen LogP contribution in [0.4, 0.5) is 5.69 Å². The van der Waals surface area contributed by atoms with Gasteiger partial charge in [-0.15, -0.1) is 0 Å². The van der Waals surface area contributed by atoms with Crippen LogP contribution in [0.5, 0.6) is 5.75 Å². The Morgan fingerprint density at radius 2 is 1.69 bits per heavy atom. The molecule has 0 bridgehead atoms. The number of anilines is 1. The highest BCUT2D eigenvalue weighted by Gasteiger charge is 2.25. The molecule has 0 saturated carbocycles. The molecule has 0 radical (unpaired) electrons. The Balaban J connectivity index is 3.25. The molecular formula is C13H23NOSi. The number of benzene rings is 1. The van der Waals surface area contributed by atoms with Crippen molar-refractivity contribution in [2.45, 2.75) is 45.8 Å². The lowest BCUT2D eigenvalue weighted by Crippen LogP contribution is -2.31. The van der Waals surface area contributed by atoms with Gasteiger partial charge in [0, 0.05) is 5.56 Å². The van der Waals surface area contributed by atoms with Crippen LogP contribution in [0.3, 0.4) is 0 Å². The Kier molecular flexibility index (Phi) is 3.38. The Labute approximate surface area is 99.9 Å². The van der Waals surface area contributed by atoms with Gasteiger partial charge in [-0.25, -0.2) is 0 Å². The summed E-state index contributed by atoms with van der Waals surface area (Å²) in [4.78, 5) is 0. The van der Waals surface area contributed by atoms with E-state index in [0.29, 0.717) is 0 Å². The second kappa shape index (κ2) is 4.13. The largest absolute Gasteiger partial charge is 0.543 e. The maximum Gasteiger partial charge on any atom is 0.242 e. The summed E-state index contributed by atoms with van der Waals surface area (Å²) in [5.74, 6) is 0.883. The predicted molar refractivity (Wildman–Crippen MR) is 73.5 cm³/mol. The lowest BCUT2D eigenvalue weighted by atomic mass is 9.86. The van der Waals surface area contributed by atoms with Crippen molar-refractivity contribution in [1.82, 2.24) is 0 Å². The van der Waals surface area contributed by atoms with Gasteiger partial charge in [-0.2, -0.15) is 0 Å². The minimum absolute atomic E-state index is 0.0599. The molecule has 16 heavy (non-hydrogen) atoms. The summed E-state index contributed by atoms with van der Waals surface area (Å²) in [6.07, 6.45) is 0. The molecule has 0 spiro atoms. The minimum atomic E-state index is -1.62. The first-order valence-electron chi connectivity index (χ1n) is 5.69. The third-order valence-corrected chi connectivity index (χ3v) is 3.08. The van der Waals surface area contributed by atoms with Gasteiger partial charge in [-0.1, -0.05) is 32.9 Å². The Bertz CT molecular complexity index is 374. The Morgan fingerprint density at radius 3 is 2.12 bits per heavy atom. The zero-order valence-corrected chi connectivity index (χ0v) is 12.2. The quantitative estimate of drug-likeness (QED) is 0.627. The van der Waals surface area contributed by atoms with Crippen molar-refractivity contribution < 1.29 is 4.43 Å². The summed E-state index contributed by atoms with van der Waals surface area (Å²) in [5, 5.41) is 0. The van der Waals surface area contributed by atoms with Gasteiger partial charge in [-0.05, 0) is 31.1 Å². The van der Waals surface area contributed by atoms with E-state index in [1.54, 1.807) is 0 Å². The summed E-state index contributed by atoms with van der Waals surface area (Å²) in [5.41, 5.74) is 8.02. The smallest absolute Gasteiger partial charge is 0.242 e. The molecule has 0 aliphatic carbocycles. The van der Waals surface area contributed by atoms with Crippen LogP contribution in [0.15, 0.2) is 18.2 Å². The number of nitrogens with two attached hydrogens (primary N) is 1. The van der Waals surface area contributed by atoms with E-state index in [0.717, 1.165) is 11.4 Å². The number of hydrogen-bond donors (Lipinski definition) is 1. The standard InChI is InChI=1S/C13H23NOSi/c1-13(2,3)10-8-7-9-11(14)12(10)15-16(4,5)6/h7-9H,14H2,1-6H3. The monoisotopic (exact) mass is 237 g/mol. The van der Waals surface area contributed by atoms with Gasteiger partial charge in [0.2, 0.25) is 8.32 Å². The first kappa shape index (κ1) is 13.1. The Hall–Kier alpha value is -0.963. The van der Waals surface area contributed by atoms with Crippen LogP contribution in [0.2, 0.25) is 19.6 Å². The lowest BCUT2D eigenvalue weighted by molar-refractivity contribution is 0.510. The number of rotatable bonds is 2. The highest BCUT2D eigenvalue weighted by molar-refractivity contribution is 6.70. The molecule has 1 aromatic carbocycles. The van der Waals surface area contributed by atoms with Crippen LogP contribution < -0.4 is 10.2 Å². The van der Waals surface area contributed by atoms with Crippen molar-refractivity contribution in [2.75, 3.05) is 5.73 Å². The van der Waals surface area contributed by atoms with Crippen molar-refractivity contribution in [1.29, 1.82) is 0 Å². The number of hydrogen-bond acceptors (Lipinski definition) is 2. The second-order valence-electron chi connectivity index (χ2n) is 6.19. The predicted octanol–water partition coefficient (Wildman–Crippen LogP) is 3.78. The zero-order valence-electron chi connectivity index (χ0n) is 11.2. The van der Waals surface area contributed by atoms with E-state index in [2.05, 4.69) is 46.5 Å². The number of para-hydroxylation sites is 1. The molecule has 0 fully saturated rings. The summed E-state index contributed by atoms with van der Waals surface area (Å²) >= 11 is 0. The van der Waals surface area contributed by atoms with Crippen LogP contribution in [-0.2, 0) is 5.41 Å². The fraction of sp³-hybridized carbons (Fsp3) is 0.538. The van der Waals surface area contributed by atoms with Crippen LogP contribution in [-0.4, -0.2) is 8.32 Å². The minimum Gasteiger partial charge on any atom is -0.543 e. The topological polar surface area (TPSA) is 35.2 Å². The van der Waals surface area contributed by atoms with Crippen LogP contribution in [0, 0.1) is 0 Å². The maximum absolute atomic E-state index is 6.10. The van der Waals surface area contributed by atoms with E-state index in [-0.39, 0.29) is 5.41 Å². The molecule has 0 unspecified atom stereocenters. The zero-order chi connectivity index (χ0) is 12.6. The van der Waals surface area contributed by atoms with Crippen LogP contribution in [0.1, 0.15) is 26.3 Å². The van der Waals surface area contributed by atoms with Gasteiger partial charge in [0.15, 0.2) is 0 Å². The van der Waals surface area contributed by atoms with Gasteiger partial charge >= 0.3 is 0 Å².